The lowest BCUT2D eigenvalue weighted by atomic mass is 9.92. The van der Waals surface area contributed by atoms with Crippen molar-refractivity contribution in [2.24, 2.45) is 17.8 Å². The first kappa shape index (κ1) is 27.3. The molecule has 10 nitrogen and oxygen atoms in total. The molecule has 4 amide bonds. The van der Waals surface area contributed by atoms with Crippen LogP contribution in [0.15, 0.2) is 18.2 Å². The van der Waals surface area contributed by atoms with Gasteiger partial charge in [-0.15, -0.1) is 0 Å². The van der Waals surface area contributed by atoms with Crippen LogP contribution in [0.5, 0.6) is 0 Å². The molecular weight excluding hydrogens is 500 g/mol. The fourth-order valence-corrected chi connectivity index (χ4v) is 6.11. The minimum Gasteiger partial charge on any atom is -0.465 e. The summed E-state index contributed by atoms with van der Waals surface area (Å²) >= 11 is 0. The number of amides is 4. The van der Waals surface area contributed by atoms with Gasteiger partial charge in [0, 0.05) is 31.7 Å². The molecule has 4 aliphatic heterocycles. The molecule has 0 radical (unpaired) electrons. The van der Waals surface area contributed by atoms with E-state index in [4.69, 9.17) is 4.74 Å². The van der Waals surface area contributed by atoms with Crippen molar-refractivity contribution >= 4 is 35.3 Å². The van der Waals surface area contributed by atoms with Gasteiger partial charge in [0.2, 0.25) is 11.8 Å². The molecular formula is C29H38N4O6. The van der Waals surface area contributed by atoms with Crippen molar-refractivity contribution in [3.8, 4) is 0 Å². The molecule has 5 rings (SSSR count). The Bertz CT molecular complexity index is 1150. The van der Waals surface area contributed by atoms with Crippen LogP contribution in [0.1, 0.15) is 73.1 Å². The van der Waals surface area contributed by atoms with Gasteiger partial charge in [-0.3, -0.25) is 34.2 Å². The molecule has 1 unspecified atom stereocenters. The summed E-state index contributed by atoms with van der Waals surface area (Å²) in [5, 5.41) is 2.23. The summed E-state index contributed by atoms with van der Waals surface area (Å²) in [6.07, 6.45) is 4.02. The average Bonchev–Trinajstić information content (AvgIpc) is 3.17. The number of nitrogens with one attached hydrogen (secondary N) is 1. The average molecular weight is 539 g/mol. The minimum absolute atomic E-state index is 0.0159. The Labute approximate surface area is 229 Å². The Morgan fingerprint density at radius 3 is 2.31 bits per heavy atom. The number of benzene rings is 1. The summed E-state index contributed by atoms with van der Waals surface area (Å²) in [6.45, 7) is 9.18. The molecule has 1 atom stereocenters. The third kappa shape index (κ3) is 5.85. The van der Waals surface area contributed by atoms with E-state index in [-0.39, 0.29) is 30.6 Å². The number of hydrogen-bond donors (Lipinski definition) is 1. The van der Waals surface area contributed by atoms with Gasteiger partial charge in [0.15, 0.2) is 0 Å². The van der Waals surface area contributed by atoms with E-state index >= 15 is 0 Å². The summed E-state index contributed by atoms with van der Waals surface area (Å²) in [6, 6.07) is 4.37. The number of likely N-dealkylation sites (tertiary alicyclic amines) is 1. The van der Waals surface area contributed by atoms with Crippen molar-refractivity contribution in [2.75, 3.05) is 44.2 Å². The number of esters is 1. The first-order valence-electron chi connectivity index (χ1n) is 14.2. The molecule has 1 N–H and O–H groups in total. The van der Waals surface area contributed by atoms with Gasteiger partial charge in [0.25, 0.3) is 11.8 Å². The highest BCUT2D eigenvalue weighted by molar-refractivity contribution is 6.23. The van der Waals surface area contributed by atoms with Crippen molar-refractivity contribution in [1.82, 2.24) is 15.1 Å². The molecule has 4 heterocycles. The Balaban J connectivity index is 1.12. The monoisotopic (exact) mass is 538 g/mol. The highest BCUT2D eigenvalue weighted by Gasteiger charge is 2.44. The largest absolute Gasteiger partial charge is 0.465 e. The van der Waals surface area contributed by atoms with Crippen LogP contribution >= 0.6 is 0 Å². The SMILES string of the molecule is CC(C)COC(=O)C1CCN(CC2CCN(c3ccc4c(c3)C(=O)N(C3CCC(=O)NC3=O)C4=O)CC2)CC1. The van der Waals surface area contributed by atoms with Crippen LogP contribution in [-0.2, 0) is 19.1 Å². The van der Waals surface area contributed by atoms with Crippen LogP contribution in [0, 0.1) is 17.8 Å². The van der Waals surface area contributed by atoms with Gasteiger partial charge in [-0.1, -0.05) is 13.8 Å². The van der Waals surface area contributed by atoms with Crippen molar-refractivity contribution in [3.63, 3.8) is 0 Å². The van der Waals surface area contributed by atoms with E-state index in [0.717, 1.165) is 69.0 Å². The fourth-order valence-electron chi connectivity index (χ4n) is 6.11. The van der Waals surface area contributed by atoms with Crippen molar-refractivity contribution in [3.05, 3.63) is 29.3 Å². The summed E-state index contributed by atoms with van der Waals surface area (Å²) in [5.41, 5.74) is 1.53. The van der Waals surface area contributed by atoms with Crippen molar-refractivity contribution in [1.29, 1.82) is 0 Å². The van der Waals surface area contributed by atoms with E-state index in [1.165, 1.54) is 0 Å². The zero-order valence-corrected chi connectivity index (χ0v) is 22.8. The standard InChI is InChI=1S/C29H38N4O6/c1-18(2)17-39-29(38)20-9-11-31(12-10-20)16-19-7-13-32(14-8-19)21-3-4-22-23(15-21)28(37)33(27(22)36)24-5-6-25(34)30-26(24)35/h3-4,15,18-20,24H,5-14,16-17H2,1-2H3,(H,30,34,35). The molecule has 3 saturated heterocycles. The second kappa shape index (κ2) is 11.5. The van der Waals surface area contributed by atoms with E-state index in [1.807, 2.05) is 19.9 Å². The van der Waals surface area contributed by atoms with Crippen LogP contribution < -0.4 is 10.2 Å². The van der Waals surface area contributed by atoms with Gasteiger partial charge in [-0.25, -0.2) is 0 Å². The summed E-state index contributed by atoms with van der Waals surface area (Å²) in [7, 11) is 0. The molecule has 0 saturated carbocycles. The number of piperidine rings is 3. The van der Waals surface area contributed by atoms with E-state index < -0.39 is 23.8 Å². The second-order valence-corrected chi connectivity index (χ2v) is 11.7. The topological polar surface area (TPSA) is 116 Å². The predicted octanol–water partition coefficient (Wildman–Crippen LogP) is 2.22. The molecule has 10 heteroatoms. The molecule has 39 heavy (non-hydrogen) atoms. The molecule has 0 aromatic heterocycles. The highest BCUT2D eigenvalue weighted by Crippen LogP contribution is 2.32. The lowest BCUT2D eigenvalue weighted by Gasteiger charge is -2.38. The van der Waals surface area contributed by atoms with Gasteiger partial charge in [0.1, 0.15) is 6.04 Å². The number of rotatable bonds is 7. The van der Waals surface area contributed by atoms with Crippen LogP contribution in [-0.4, -0.2) is 84.8 Å². The lowest BCUT2D eigenvalue weighted by molar-refractivity contribution is -0.151. The van der Waals surface area contributed by atoms with Crippen LogP contribution in [0.3, 0.4) is 0 Å². The molecule has 1 aromatic rings. The first-order chi connectivity index (χ1) is 18.7. The number of anilines is 1. The smallest absolute Gasteiger partial charge is 0.309 e. The Morgan fingerprint density at radius 1 is 0.949 bits per heavy atom. The quantitative estimate of drug-likeness (QED) is 0.415. The van der Waals surface area contributed by atoms with E-state index in [9.17, 15) is 24.0 Å². The van der Waals surface area contributed by atoms with Gasteiger partial charge in [-0.2, -0.15) is 0 Å². The normalized spacial score (nSPS) is 23.4. The van der Waals surface area contributed by atoms with Crippen LogP contribution in [0.2, 0.25) is 0 Å². The van der Waals surface area contributed by atoms with Crippen LogP contribution in [0.4, 0.5) is 5.69 Å². The number of carbonyl (C=O) groups excluding carboxylic acids is 5. The molecule has 0 bridgehead atoms. The highest BCUT2D eigenvalue weighted by atomic mass is 16.5. The van der Waals surface area contributed by atoms with Gasteiger partial charge >= 0.3 is 5.97 Å². The van der Waals surface area contributed by atoms with Gasteiger partial charge < -0.3 is 14.5 Å². The van der Waals surface area contributed by atoms with Gasteiger partial charge in [0.05, 0.1) is 23.7 Å². The minimum atomic E-state index is -0.954. The van der Waals surface area contributed by atoms with Gasteiger partial charge in [-0.05, 0) is 75.2 Å². The number of nitrogens with zero attached hydrogens (tertiary/aromatic N) is 3. The number of ether oxygens (including phenoxy) is 1. The predicted molar refractivity (Wildman–Crippen MR) is 143 cm³/mol. The number of imide groups is 2. The van der Waals surface area contributed by atoms with E-state index in [0.29, 0.717) is 29.6 Å². The van der Waals surface area contributed by atoms with Crippen LogP contribution in [0.25, 0.3) is 0 Å². The van der Waals surface area contributed by atoms with E-state index in [2.05, 4.69) is 15.1 Å². The third-order valence-corrected chi connectivity index (χ3v) is 8.40. The maximum absolute atomic E-state index is 13.2. The Morgan fingerprint density at radius 2 is 1.64 bits per heavy atom. The zero-order valence-electron chi connectivity index (χ0n) is 22.8. The maximum Gasteiger partial charge on any atom is 0.309 e. The Kier molecular flexibility index (Phi) is 8.02. The third-order valence-electron chi connectivity index (χ3n) is 8.40. The fraction of sp³-hybridized carbons (Fsp3) is 0.621. The summed E-state index contributed by atoms with van der Waals surface area (Å²) in [4.78, 5) is 67.9. The number of fused-ring (bicyclic) bond motifs is 1. The summed E-state index contributed by atoms with van der Waals surface area (Å²) < 4.78 is 5.43. The van der Waals surface area contributed by atoms with Crippen molar-refractivity contribution < 1.29 is 28.7 Å². The van der Waals surface area contributed by atoms with Crippen molar-refractivity contribution in [2.45, 2.75) is 58.4 Å². The second-order valence-electron chi connectivity index (χ2n) is 11.7. The molecule has 4 aliphatic rings. The maximum atomic E-state index is 13.2. The Hall–Kier alpha value is -3.27. The molecule has 0 spiro atoms. The number of carbonyl (C=O) groups is 5. The lowest BCUT2D eigenvalue weighted by Crippen LogP contribution is -2.54. The first-order valence-corrected chi connectivity index (χ1v) is 14.2. The molecule has 3 fully saturated rings. The van der Waals surface area contributed by atoms with E-state index in [1.54, 1.807) is 12.1 Å². The number of hydrogen-bond acceptors (Lipinski definition) is 8. The molecule has 1 aromatic carbocycles. The molecule has 0 aliphatic carbocycles. The summed E-state index contributed by atoms with van der Waals surface area (Å²) in [5.74, 6) is -1.04. The zero-order chi connectivity index (χ0) is 27.7. The molecule has 210 valence electrons.